The summed E-state index contributed by atoms with van der Waals surface area (Å²) < 4.78 is 27.3. The summed E-state index contributed by atoms with van der Waals surface area (Å²) in [7, 11) is -3.80. The number of hydrogen-bond donors (Lipinski definition) is 3. The molecule has 96 valence electrons. The van der Waals surface area contributed by atoms with E-state index >= 15 is 0 Å². The van der Waals surface area contributed by atoms with Crippen LogP contribution in [-0.2, 0) is 10.1 Å². The van der Waals surface area contributed by atoms with Gasteiger partial charge in [0.2, 0.25) is 0 Å². The van der Waals surface area contributed by atoms with Crippen LogP contribution < -0.4 is 11.5 Å². The molecule has 0 radical (unpaired) electrons. The van der Waals surface area contributed by atoms with Crippen molar-refractivity contribution in [1.82, 2.24) is 5.01 Å². The first kappa shape index (κ1) is 17.4. The number of hydrogen-bond acceptors (Lipinski definition) is 6. The van der Waals surface area contributed by atoms with Gasteiger partial charge in [-0.2, -0.15) is 13.4 Å². The van der Waals surface area contributed by atoms with E-state index in [9.17, 15) is 18.1 Å². The zero-order chi connectivity index (χ0) is 13.2. The van der Waals surface area contributed by atoms with E-state index in [0.717, 1.165) is 0 Å². The number of nitrogens with zero attached hydrogens (tertiary/aromatic N) is 2. The summed E-state index contributed by atoms with van der Waals surface area (Å²) in [5, 5.41) is 2.85. The molecule has 0 spiro atoms. The van der Waals surface area contributed by atoms with E-state index < -0.39 is 16.1 Å². The van der Waals surface area contributed by atoms with Crippen LogP contribution in [0.1, 0.15) is 0 Å². The molecule has 0 atom stereocenters. The van der Waals surface area contributed by atoms with Gasteiger partial charge in [-0.05, 0) is 0 Å². The van der Waals surface area contributed by atoms with Gasteiger partial charge in [-0.1, -0.05) is 0 Å². The fourth-order valence-electron chi connectivity index (χ4n) is 0.420. The fourth-order valence-corrected chi connectivity index (χ4v) is 0.878. The van der Waals surface area contributed by atoms with E-state index in [4.69, 9.17) is 21.9 Å². The molecule has 2 amide bonds. The number of amides is 2. The first-order chi connectivity index (χ1) is 7.28. The minimum absolute atomic E-state index is 0.0289. The molecular weight excluding hydrogens is 264 g/mol. The summed E-state index contributed by atoms with van der Waals surface area (Å²) in [5.41, 5.74) is 9.44. The van der Waals surface area contributed by atoms with Crippen molar-refractivity contribution in [3.63, 3.8) is 0 Å². The van der Waals surface area contributed by atoms with Gasteiger partial charge in [0.25, 0.3) is 10.1 Å². The van der Waals surface area contributed by atoms with Gasteiger partial charge in [0.05, 0.1) is 17.6 Å². The van der Waals surface area contributed by atoms with E-state index in [0.29, 0.717) is 5.01 Å². The number of nitrogens with two attached hydrogens (primary N) is 2. The minimum Gasteiger partial charge on any atom is -0.350 e. The lowest BCUT2D eigenvalue weighted by atomic mass is 10.7. The molecule has 0 saturated carbocycles. The molecule has 0 unspecified atom stereocenters. The zero-order valence-corrected chi connectivity index (χ0v) is 9.82. The maximum atomic E-state index is 10.1. The predicted octanol–water partition coefficient (Wildman–Crippen LogP) is -0.880. The molecule has 0 fully saturated rings. The van der Waals surface area contributed by atoms with Crippen LogP contribution in [0.5, 0.6) is 0 Å². The van der Waals surface area contributed by atoms with E-state index in [2.05, 4.69) is 11.0 Å². The molecule has 0 rings (SSSR count). The van der Waals surface area contributed by atoms with Crippen LogP contribution in [0.4, 0.5) is 4.79 Å². The van der Waals surface area contributed by atoms with Crippen molar-refractivity contribution >= 4 is 27.8 Å². The Morgan fingerprint density at radius 1 is 1.50 bits per heavy atom. The SMILES string of the molecule is NC(=O)N(CCCl)N=O.NCCS(=O)(=O)O. The average molecular weight is 277 g/mol. The Kier molecular flexibility index (Phi) is 10.1. The molecule has 0 heterocycles. The summed E-state index contributed by atoms with van der Waals surface area (Å²) in [6, 6.07) is -0.884. The molecule has 9 nitrogen and oxygen atoms in total. The molecule has 0 aromatic heterocycles. The summed E-state index contributed by atoms with van der Waals surface area (Å²) in [6.45, 7) is 0.0270. The summed E-state index contributed by atoms with van der Waals surface area (Å²) in [4.78, 5) is 19.8. The molecule has 0 aromatic rings. The molecule has 0 aliphatic heterocycles. The lowest BCUT2D eigenvalue weighted by Crippen LogP contribution is -2.32. The summed E-state index contributed by atoms with van der Waals surface area (Å²) >= 11 is 5.17. The highest BCUT2D eigenvalue weighted by molar-refractivity contribution is 7.85. The Hall–Kier alpha value is -0.970. The van der Waals surface area contributed by atoms with Crippen LogP contribution in [0.25, 0.3) is 0 Å². The van der Waals surface area contributed by atoms with Gasteiger partial charge in [0.1, 0.15) is 0 Å². The Labute approximate surface area is 97.4 Å². The zero-order valence-electron chi connectivity index (χ0n) is 8.24. The van der Waals surface area contributed by atoms with E-state index in [1.54, 1.807) is 0 Å². The normalized spacial score (nSPS) is 9.94. The van der Waals surface area contributed by atoms with Gasteiger partial charge in [-0.25, -0.2) is 4.79 Å². The van der Waals surface area contributed by atoms with Crippen molar-refractivity contribution in [3.05, 3.63) is 4.91 Å². The second-order valence-electron chi connectivity index (χ2n) is 2.31. The number of halogens is 1. The highest BCUT2D eigenvalue weighted by atomic mass is 35.5. The number of rotatable bonds is 5. The number of carbonyl (C=O) groups is 1. The molecule has 0 saturated heterocycles. The second-order valence-corrected chi connectivity index (χ2v) is 4.26. The van der Waals surface area contributed by atoms with E-state index in [1.165, 1.54) is 0 Å². The van der Waals surface area contributed by atoms with Crippen LogP contribution in [-0.4, -0.2) is 48.7 Å². The number of carbonyl (C=O) groups excluding carboxylic acids is 1. The highest BCUT2D eigenvalue weighted by Crippen LogP contribution is 1.88. The Balaban J connectivity index is 0. The smallest absolute Gasteiger partial charge is 0.337 e. The van der Waals surface area contributed by atoms with E-state index in [-0.39, 0.29) is 24.7 Å². The van der Waals surface area contributed by atoms with Crippen LogP contribution in [0.3, 0.4) is 0 Å². The van der Waals surface area contributed by atoms with Crippen LogP contribution in [0.15, 0.2) is 5.29 Å². The lowest BCUT2D eigenvalue weighted by molar-refractivity contribution is 0.212. The van der Waals surface area contributed by atoms with Crippen LogP contribution >= 0.6 is 11.6 Å². The molecule has 11 heteroatoms. The Bertz CT molecular complexity index is 308. The average Bonchev–Trinajstić information content (AvgIpc) is 2.12. The number of alkyl halides is 1. The van der Waals surface area contributed by atoms with Gasteiger partial charge < -0.3 is 11.5 Å². The summed E-state index contributed by atoms with van der Waals surface area (Å²) in [6.07, 6.45) is 0. The van der Waals surface area contributed by atoms with Crippen LogP contribution in [0.2, 0.25) is 0 Å². The molecule has 0 aliphatic carbocycles. The van der Waals surface area contributed by atoms with Crippen molar-refractivity contribution in [3.8, 4) is 0 Å². The van der Waals surface area contributed by atoms with Crippen molar-refractivity contribution in [2.45, 2.75) is 0 Å². The molecule has 16 heavy (non-hydrogen) atoms. The number of primary amides is 1. The van der Waals surface area contributed by atoms with Crippen molar-refractivity contribution < 1.29 is 17.8 Å². The largest absolute Gasteiger partial charge is 0.350 e. The van der Waals surface area contributed by atoms with Crippen molar-refractivity contribution in [2.75, 3.05) is 24.7 Å². The molecule has 0 aliphatic rings. The van der Waals surface area contributed by atoms with Gasteiger partial charge in [0, 0.05) is 12.4 Å². The summed E-state index contributed by atoms with van der Waals surface area (Å²) in [5.74, 6) is -0.207. The standard InChI is InChI=1S/C3H6ClN3O2.C2H7NO3S/c4-1-2-7(6-9)3(5)8;3-1-2-7(4,5)6/h1-2H2,(H2,5,8);1-3H2,(H,4,5,6). The Morgan fingerprint density at radius 3 is 2.06 bits per heavy atom. The maximum absolute atomic E-state index is 10.1. The van der Waals surface area contributed by atoms with Gasteiger partial charge in [-0.3, -0.25) is 4.55 Å². The molecule has 5 N–H and O–H groups in total. The quantitative estimate of drug-likeness (QED) is 0.256. The van der Waals surface area contributed by atoms with Gasteiger partial charge in [0.15, 0.2) is 0 Å². The first-order valence-electron chi connectivity index (χ1n) is 3.90. The number of urea groups is 1. The maximum Gasteiger partial charge on any atom is 0.337 e. The third-order valence-electron chi connectivity index (χ3n) is 1.03. The Morgan fingerprint density at radius 2 is 2.00 bits per heavy atom. The third-order valence-corrected chi connectivity index (χ3v) is 1.95. The molecule has 0 bridgehead atoms. The molecule has 0 aromatic carbocycles. The van der Waals surface area contributed by atoms with Gasteiger partial charge in [-0.15, -0.1) is 16.5 Å². The topological polar surface area (TPSA) is 156 Å². The van der Waals surface area contributed by atoms with Crippen LogP contribution in [0, 0.1) is 4.91 Å². The highest BCUT2D eigenvalue weighted by Gasteiger charge is 2.06. The van der Waals surface area contributed by atoms with Crippen molar-refractivity contribution in [2.24, 2.45) is 16.8 Å². The second kappa shape index (κ2) is 9.27. The predicted molar refractivity (Wildman–Crippen MR) is 58.3 cm³/mol. The van der Waals surface area contributed by atoms with Gasteiger partial charge >= 0.3 is 6.03 Å². The number of nitroso groups, excluding NO2 is 1. The first-order valence-corrected chi connectivity index (χ1v) is 6.04. The third kappa shape index (κ3) is 13.0. The van der Waals surface area contributed by atoms with Crippen molar-refractivity contribution in [1.29, 1.82) is 0 Å². The van der Waals surface area contributed by atoms with E-state index in [1.807, 2.05) is 0 Å². The monoisotopic (exact) mass is 276 g/mol. The molecular formula is C5H13ClN4O5S. The minimum atomic E-state index is -3.80. The lowest BCUT2D eigenvalue weighted by Gasteiger charge is -2.05. The fraction of sp³-hybridized carbons (Fsp3) is 0.800.